The van der Waals surface area contributed by atoms with Gasteiger partial charge in [0.05, 0.1) is 19.8 Å². The Bertz CT molecular complexity index is 382. The third-order valence-corrected chi connectivity index (χ3v) is 3.68. The Morgan fingerprint density at radius 3 is 2.68 bits per heavy atom. The minimum Gasteiger partial charge on any atom is -0.394 e. The number of aliphatic hydroxyl groups is 1. The summed E-state index contributed by atoms with van der Waals surface area (Å²) in [5.41, 5.74) is 0.747. The van der Waals surface area contributed by atoms with Crippen LogP contribution in [0.15, 0.2) is 24.3 Å². The normalized spacial score (nSPS) is 15.7. The monoisotopic (exact) mass is 267 g/mol. The summed E-state index contributed by atoms with van der Waals surface area (Å²) >= 11 is 0. The average Bonchev–Trinajstić information content (AvgIpc) is 2.35. The molecule has 19 heavy (non-hydrogen) atoms. The van der Waals surface area contributed by atoms with Gasteiger partial charge in [0.2, 0.25) is 0 Å². The van der Waals surface area contributed by atoms with Crippen molar-refractivity contribution in [2.24, 2.45) is 0 Å². The fourth-order valence-electron chi connectivity index (χ4n) is 2.34. The van der Waals surface area contributed by atoms with Crippen LogP contribution >= 0.6 is 0 Å². The van der Waals surface area contributed by atoms with Crippen LogP contribution in [0.25, 0.3) is 0 Å². The lowest BCUT2D eigenvalue weighted by molar-refractivity contribution is 0.0444. The van der Waals surface area contributed by atoms with E-state index in [0.29, 0.717) is 25.8 Å². The molecule has 1 aromatic carbocycles. The predicted molar refractivity (Wildman–Crippen MR) is 72.4 cm³/mol. The molecule has 106 valence electrons. The van der Waals surface area contributed by atoms with Crippen molar-refractivity contribution in [3.8, 4) is 0 Å². The largest absolute Gasteiger partial charge is 0.394 e. The van der Waals surface area contributed by atoms with E-state index in [1.165, 1.54) is 25.3 Å². The SMILES string of the molecule is OCCOCCN(Cc1ccccc1F)C1CCC1. The van der Waals surface area contributed by atoms with Crippen molar-refractivity contribution in [2.45, 2.75) is 31.8 Å². The highest BCUT2D eigenvalue weighted by molar-refractivity contribution is 5.17. The molecule has 3 nitrogen and oxygen atoms in total. The molecular formula is C15H22FNO2. The highest BCUT2D eigenvalue weighted by Crippen LogP contribution is 2.26. The van der Waals surface area contributed by atoms with Crippen LogP contribution < -0.4 is 0 Å². The van der Waals surface area contributed by atoms with E-state index in [1.54, 1.807) is 6.07 Å². The number of ether oxygens (including phenoxy) is 1. The van der Waals surface area contributed by atoms with Crippen molar-refractivity contribution in [3.63, 3.8) is 0 Å². The summed E-state index contributed by atoms with van der Waals surface area (Å²) in [5, 5.41) is 8.68. The van der Waals surface area contributed by atoms with Crippen LogP contribution in [0.2, 0.25) is 0 Å². The van der Waals surface area contributed by atoms with Crippen molar-refractivity contribution in [1.29, 1.82) is 0 Å². The smallest absolute Gasteiger partial charge is 0.127 e. The molecule has 1 aliphatic rings. The van der Waals surface area contributed by atoms with E-state index in [0.717, 1.165) is 12.1 Å². The van der Waals surface area contributed by atoms with Crippen molar-refractivity contribution in [3.05, 3.63) is 35.6 Å². The van der Waals surface area contributed by atoms with Crippen LogP contribution in [0.1, 0.15) is 24.8 Å². The fourth-order valence-corrected chi connectivity index (χ4v) is 2.34. The van der Waals surface area contributed by atoms with Gasteiger partial charge in [-0.25, -0.2) is 4.39 Å². The van der Waals surface area contributed by atoms with E-state index in [9.17, 15) is 4.39 Å². The molecule has 1 aromatic rings. The zero-order valence-corrected chi connectivity index (χ0v) is 11.2. The van der Waals surface area contributed by atoms with E-state index in [-0.39, 0.29) is 12.4 Å². The number of benzene rings is 1. The van der Waals surface area contributed by atoms with Crippen LogP contribution in [0.5, 0.6) is 0 Å². The molecular weight excluding hydrogens is 245 g/mol. The molecule has 0 saturated heterocycles. The first-order valence-corrected chi connectivity index (χ1v) is 6.97. The molecule has 0 radical (unpaired) electrons. The Labute approximate surface area is 114 Å². The van der Waals surface area contributed by atoms with Crippen LogP contribution in [0, 0.1) is 5.82 Å². The van der Waals surface area contributed by atoms with Crippen molar-refractivity contribution >= 4 is 0 Å². The quantitative estimate of drug-likeness (QED) is 0.733. The third-order valence-electron chi connectivity index (χ3n) is 3.68. The van der Waals surface area contributed by atoms with Crippen molar-refractivity contribution in [2.75, 3.05) is 26.4 Å². The highest BCUT2D eigenvalue weighted by Gasteiger charge is 2.25. The number of nitrogens with zero attached hydrogens (tertiary/aromatic N) is 1. The lowest BCUT2D eigenvalue weighted by atomic mass is 9.91. The van der Waals surface area contributed by atoms with Gasteiger partial charge in [-0.3, -0.25) is 4.90 Å². The molecule has 0 atom stereocenters. The van der Waals surface area contributed by atoms with E-state index in [2.05, 4.69) is 4.90 Å². The molecule has 0 unspecified atom stereocenters. The van der Waals surface area contributed by atoms with E-state index in [1.807, 2.05) is 12.1 Å². The van der Waals surface area contributed by atoms with Gasteiger partial charge in [0.1, 0.15) is 5.82 Å². The van der Waals surface area contributed by atoms with Gasteiger partial charge in [-0.1, -0.05) is 24.6 Å². The first-order valence-electron chi connectivity index (χ1n) is 6.97. The third kappa shape index (κ3) is 4.27. The Morgan fingerprint density at radius 1 is 1.26 bits per heavy atom. The highest BCUT2D eigenvalue weighted by atomic mass is 19.1. The van der Waals surface area contributed by atoms with Gasteiger partial charge in [-0.2, -0.15) is 0 Å². The van der Waals surface area contributed by atoms with Gasteiger partial charge in [0.15, 0.2) is 0 Å². The first-order chi connectivity index (χ1) is 9.31. The molecule has 1 aliphatic carbocycles. The summed E-state index contributed by atoms with van der Waals surface area (Å²) in [7, 11) is 0. The van der Waals surface area contributed by atoms with Crippen molar-refractivity contribution in [1.82, 2.24) is 4.90 Å². The van der Waals surface area contributed by atoms with E-state index >= 15 is 0 Å². The van der Waals surface area contributed by atoms with Crippen molar-refractivity contribution < 1.29 is 14.2 Å². The summed E-state index contributed by atoms with van der Waals surface area (Å²) < 4.78 is 19.0. The molecule has 0 aromatic heterocycles. The molecule has 0 heterocycles. The fraction of sp³-hybridized carbons (Fsp3) is 0.600. The second kappa shape index (κ2) is 7.58. The second-order valence-corrected chi connectivity index (χ2v) is 4.98. The average molecular weight is 267 g/mol. The number of hydrogen-bond acceptors (Lipinski definition) is 3. The number of halogens is 1. The predicted octanol–water partition coefficient (Wildman–Crippen LogP) is 2.19. The van der Waals surface area contributed by atoms with Gasteiger partial charge < -0.3 is 9.84 Å². The Morgan fingerprint density at radius 2 is 2.05 bits per heavy atom. The maximum Gasteiger partial charge on any atom is 0.127 e. The molecule has 1 N–H and O–H groups in total. The summed E-state index contributed by atoms with van der Waals surface area (Å²) in [6, 6.07) is 7.50. The summed E-state index contributed by atoms with van der Waals surface area (Å²) in [5.74, 6) is -0.136. The molecule has 0 aliphatic heterocycles. The number of hydrogen-bond donors (Lipinski definition) is 1. The first kappa shape index (κ1) is 14.4. The standard InChI is InChI=1S/C15H22FNO2/c16-15-7-2-1-4-13(15)12-17(14-5-3-6-14)8-10-19-11-9-18/h1-2,4,7,14,18H,3,5-6,8-12H2. The van der Waals surface area contributed by atoms with Crippen LogP contribution in [-0.4, -0.2) is 42.4 Å². The van der Waals surface area contributed by atoms with E-state index in [4.69, 9.17) is 9.84 Å². The topological polar surface area (TPSA) is 32.7 Å². The number of aliphatic hydroxyl groups excluding tert-OH is 1. The van der Waals surface area contributed by atoms with Gasteiger partial charge in [-0.05, 0) is 18.9 Å². The van der Waals surface area contributed by atoms with Gasteiger partial charge in [0.25, 0.3) is 0 Å². The molecule has 4 heteroatoms. The van der Waals surface area contributed by atoms with Gasteiger partial charge >= 0.3 is 0 Å². The minimum absolute atomic E-state index is 0.0523. The molecule has 2 rings (SSSR count). The minimum atomic E-state index is -0.136. The van der Waals surface area contributed by atoms with E-state index < -0.39 is 0 Å². The summed E-state index contributed by atoms with van der Waals surface area (Å²) in [4.78, 5) is 2.29. The molecule has 1 fully saturated rings. The molecule has 0 amide bonds. The second-order valence-electron chi connectivity index (χ2n) is 4.98. The zero-order valence-electron chi connectivity index (χ0n) is 11.2. The van der Waals surface area contributed by atoms with Crippen LogP contribution in [0.4, 0.5) is 4.39 Å². The Balaban J connectivity index is 1.88. The van der Waals surface area contributed by atoms with Crippen LogP contribution in [0.3, 0.4) is 0 Å². The molecule has 0 spiro atoms. The number of rotatable bonds is 8. The maximum atomic E-state index is 13.7. The lowest BCUT2D eigenvalue weighted by Crippen LogP contribution is -2.41. The summed E-state index contributed by atoms with van der Waals surface area (Å²) in [6.07, 6.45) is 3.64. The Hall–Kier alpha value is -0.970. The summed E-state index contributed by atoms with van der Waals surface area (Å²) in [6.45, 7) is 2.44. The lowest BCUT2D eigenvalue weighted by Gasteiger charge is -2.37. The molecule has 1 saturated carbocycles. The maximum absolute atomic E-state index is 13.7. The zero-order chi connectivity index (χ0) is 13.5. The Kier molecular flexibility index (Phi) is 5.76. The van der Waals surface area contributed by atoms with Crippen LogP contribution in [-0.2, 0) is 11.3 Å². The van der Waals surface area contributed by atoms with Gasteiger partial charge in [0, 0.05) is 24.7 Å². The van der Waals surface area contributed by atoms with Gasteiger partial charge in [-0.15, -0.1) is 0 Å². The molecule has 0 bridgehead atoms.